The van der Waals surface area contributed by atoms with Gasteiger partial charge in [0.2, 0.25) is 5.95 Å². The molecule has 0 bridgehead atoms. The van der Waals surface area contributed by atoms with Crippen molar-refractivity contribution in [2.45, 2.75) is 6.54 Å². The third-order valence-electron chi connectivity index (χ3n) is 2.66. The summed E-state index contributed by atoms with van der Waals surface area (Å²) in [6.45, 7) is 0.133. The monoisotopic (exact) mass is 285 g/mol. The number of aromatic nitrogens is 2. The number of methoxy groups -OCH3 is 1. The molecule has 2 aromatic rings. The summed E-state index contributed by atoms with van der Waals surface area (Å²) in [5.74, 6) is -2.65. The van der Waals surface area contributed by atoms with E-state index in [1.807, 2.05) is 0 Å². The number of nitrogen functional groups attached to an aromatic ring is 1. The third kappa shape index (κ3) is 2.85. The van der Waals surface area contributed by atoms with Crippen LogP contribution in [0.15, 0.2) is 12.1 Å². The van der Waals surface area contributed by atoms with Gasteiger partial charge in [0.05, 0.1) is 17.6 Å². The topological polar surface area (TPSA) is 79.4 Å². The minimum absolute atomic E-state index is 0.0197. The van der Waals surface area contributed by atoms with Crippen molar-refractivity contribution in [3.63, 3.8) is 0 Å². The highest BCUT2D eigenvalue weighted by Crippen LogP contribution is 2.21. The van der Waals surface area contributed by atoms with Gasteiger partial charge in [0.25, 0.3) is 0 Å². The molecule has 20 heavy (non-hydrogen) atoms. The van der Waals surface area contributed by atoms with Crippen molar-refractivity contribution in [2.24, 2.45) is 0 Å². The molecule has 0 unspecified atom stereocenters. The molecule has 108 valence electrons. The average molecular weight is 285 g/mol. The first kappa shape index (κ1) is 14.2. The van der Waals surface area contributed by atoms with E-state index in [2.05, 4.69) is 4.98 Å². The lowest BCUT2D eigenvalue weighted by Gasteiger charge is -2.07. The Labute approximate surface area is 113 Å². The quantitative estimate of drug-likeness (QED) is 0.657. The Morgan fingerprint density at radius 2 is 2.05 bits per heavy atom. The van der Waals surface area contributed by atoms with E-state index in [-0.39, 0.29) is 36.7 Å². The SMILES string of the molecule is COCCOC(=O)Cn1c(N)nc2cc(F)c(F)cc21. The second-order valence-corrected chi connectivity index (χ2v) is 4.02. The maximum atomic E-state index is 13.2. The largest absolute Gasteiger partial charge is 0.462 e. The van der Waals surface area contributed by atoms with Gasteiger partial charge in [-0.25, -0.2) is 13.8 Å². The van der Waals surface area contributed by atoms with Gasteiger partial charge in [-0.1, -0.05) is 0 Å². The van der Waals surface area contributed by atoms with Crippen LogP contribution in [0.1, 0.15) is 0 Å². The molecule has 0 aliphatic heterocycles. The second-order valence-electron chi connectivity index (χ2n) is 4.02. The number of rotatable bonds is 5. The molecule has 0 aliphatic carbocycles. The molecule has 0 saturated heterocycles. The number of ether oxygens (including phenoxy) is 2. The Kier molecular flexibility index (Phi) is 4.14. The van der Waals surface area contributed by atoms with Crippen LogP contribution in [0.2, 0.25) is 0 Å². The lowest BCUT2D eigenvalue weighted by Crippen LogP contribution is -2.17. The first-order valence-electron chi connectivity index (χ1n) is 5.78. The molecule has 0 radical (unpaired) electrons. The molecular formula is C12H13F2N3O3. The molecule has 0 amide bonds. The van der Waals surface area contributed by atoms with Crippen molar-refractivity contribution in [1.29, 1.82) is 0 Å². The van der Waals surface area contributed by atoms with E-state index >= 15 is 0 Å². The number of hydrogen-bond acceptors (Lipinski definition) is 5. The fourth-order valence-corrected chi connectivity index (χ4v) is 1.72. The molecule has 1 heterocycles. The summed E-state index contributed by atoms with van der Waals surface area (Å²) in [6.07, 6.45) is 0. The number of nitrogens with two attached hydrogens (primary N) is 1. The van der Waals surface area contributed by atoms with Crippen molar-refractivity contribution in [1.82, 2.24) is 9.55 Å². The van der Waals surface area contributed by atoms with Crippen LogP contribution >= 0.6 is 0 Å². The summed E-state index contributed by atoms with van der Waals surface area (Å²) < 4.78 is 37.2. The smallest absolute Gasteiger partial charge is 0.326 e. The molecule has 8 heteroatoms. The van der Waals surface area contributed by atoms with Gasteiger partial charge in [-0.05, 0) is 0 Å². The van der Waals surface area contributed by atoms with E-state index in [4.69, 9.17) is 15.2 Å². The van der Waals surface area contributed by atoms with Crippen molar-refractivity contribution < 1.29 is 23.0 Å². The Morgan fingerprint density at radius 1 is 1.35 bits per heavy atom. The highest BCUT2D eigenvalue weighted by Gasteiger charge is 2.15. The summed E-state index contributed by atoms with van der Waals surface area (Å²) in [5.41, 5.74) is 6.03. The van der Waals surface area contributed by atoms with E-state index in [0.717, 1.165) is 12.1 Å². The number of hydrogen-bond donors (Lipinski definition) is 1. The summed E-state index contributed by atoms with van der Waals surface area (Å²) in [4.78, 5) is 15.4. The van der Waals surface area contributed by atoms with Gasteiger partial charge in [-0.2, -0.15) is 0 Å². The van der Waals surface area contributed by atoms with Crippen LogP contribution in [0.25, 0.3) is 11.0 Å². The summed E-state index contributed by atoms with van der Waals surface area (Å²) in [6, 6.07) is 1.87. The molecule has 6 nitrogen and oxygen atoms in total. The first-order chi connectivity index (χ1) is 9.52. The highest BCUT2D eigenvalue weighted by atomic mass is 19.2. The molecule has 0 spiro atoms. The summed E-state index contributed by atoms with van der Waals surface area (Å²) in [7, 11) is 1.48. The summed E-state index contributed by atoms with van der Waals surface area (Å²) in [5, 5.41) is 0. The minimum Gasteiger partial charge on any atom is -0.462 e. The van der Waals surface area contributed by atoms with Gasteiger partial charge in [0.1, 0.15) is 13.2 Å². The van der Waals surface area contributed by atoms with Crippen LogP contribution in [-0.2, 0) is 20.8 Å². The number of carbonyl (C=O) groups is 1. The van der Waals surface area contributed by atoms with Gasteiger partial charge < -0.3 is 15.2 Å². The van der Waals surface area contributed by atoms with E-state index in [9.17, 15) is 13.6 Å². The fourth-order valence-electron chi connectivity index (χ4n) is 1.72. The van der Waals surface area contributed by atoms with E-state index in [1.54, 1.807) is 0 Å². The van der Waals surface area contributed by atoms with Crippen LogP contribution in [-0.4, -0.2) is 35.8 Å². The van der Waals surface area contributed by atoms with Crippen LogP contribution in [0.3, 0.4) is 0 Å². The number of imidazole rings is 1. The van der Waals surface area contributed by atoms with Gasteiger partial charge in [-0.15, -0.1) is 0 Å². The van der Waals surface area contributed by atoms with Crippen molar-refractivity contribution in [3.8, 4) is 0 Å². The standard InChI is InChI=1S/C12H13F2N3O3/c1-19-2-3-20-11(18)6-17-10-5-8(14)7(13)4-9(10)16-12(17)15/h4-5H,2-3,6H2,1H3,(H2,15,16). The van der Waals surface area contributed by atoms with Crippen LogP contribution in [0, 0.1) is 11.6 Å². The maximum absolute atomic E-state index is 13.2. The Morgan fingerprint density at radius 3 is 2.75 bits per heavy atom. The number of esters is 1. The Balaban J connectivity index is 2.23. The molecule has 0 saturated carbocycles. The van der Waals surface area contributed by atoms with Crippen molar-refractivity contribution in [3.05, 3.63) is 23.8 Å². The number of benzene rings is 1. The minimum atomic E-state index is -1.04. The average Bonchev–Trinajstić information content (AvgIpc) is 2.67. The molecule has 0 fully saturated rings. The number of nitrogens with zero attached hydrogens (tertiary/aromatic N) is 2. The number of halogens is 2. The zero-order chi connectivity index (χ0) is 14.7. The molecule has 2 N–H and O–H groups in total. The van der Waals surface area contributed by atoms with Crippen LogP contribution in [0.4, 0.5) is 14.7 Å². The zero-order valence-corrected chi connectivity index (χ0v) is 10.7. The molecule has 0 atom stereocenters. The van der Waals surface area contributed by atoms with Gasteiger partial charge >= 0.3 is 5.97 Å². The van der Waals surface area contributed by atoms with E-state index < -0.39 is 17.6 Å². The van der Waals surface area contributed by atoms with Gasteiger partial charge in [0, 0.05) is 19.2 Å². The third-order valence-corrected chi connectivity index (χ3v) is 2.66. The Bertz CT molecular complexity index is 642. The summed E-state index contributed by atoms with van der Waals surface area (Å²) >= 11 is 0. The van der Waals surface area contributed by atoms with Crippen LogP contribution < -0.4 is 5.73 Å². The molecular weight excluding hydrogens is 272 g/mol. The van der Waals surface area contributed by atoms with Crippen molar-refractivity contribution >= 4 is 23.0 Å². The number of anilines is 1. The lowest BCUT2D eigenvalue weighted by molar-refractivity contribution is -0.145. The van der Waals surface area contributed by atoms with Crippen LogP contribution in [0.5, 0.6) is 0 Å². The molecule has 2 rings (SSSR count). The second kappa shape index (κ2) is 5.83. The highest BCUT2D eigenvalue weighted by molar-refractivity contribution is 5.81. The van der Waals surface area contributed by atoms with Crippen molar-refractivity contribution in [2.75, 3.05) is 26.1 Å². The van der Waals surface area contributed by atoms with E-state index in [0.29, 0.717) is 0 Å². The van der Waals surface area contributed by atoms with Gasteiger partial charge in [0.15, 0.2) is 11.6 Å². The maximum Gasteiger partial charge on any atom is 0.326 e. The first-order valence-corrected chi connectivity index (χ1v) is 5.78. The predicted molar refractivity (Wildman–Crippen MR) is 66.9 cm³/mol. The lowest BCUT2D eigenvalue weighted by atomic mass is 10.3. The zero-order valence-electron chi connectivity index (χ0n) is 10.7. The number of carbonyl (C=O) groups excluding carboxylic acids is 1. The molecule has 1 aromatic heterocycles. The van der Waals surface area contributed by atoms with Gasteiger partial charge in [-0.3, -0.25) is 9.36 Å². The Hall–Kier alpha value is -2.22. The molecule has 0 aliphatic rings. The molecule has 1 aromatic carbocycles. The predicted octanol–water partition coefficient (Wildman–Crippen LogP) is 1.09. The van der Waals surface area contributed by atoms with E-state index in [1.165, 1.54) is 11.7 Å². The normalized spacial score (nSPS) is 10.9. The fraction of sp³-hybridized carbons (Fsp3) is 0.333. The number of fused-ring (bicyclic) bond motifs is 1.